The zero-order valence-corrected chi connectivity index (χ0v) is 16.8. The number of carbonyl (C=O) groups excluding carboxylic acids is 1. The lowest BCUT2D eigenvalue weighted by molar-refractivity contribution is -0.117. The summed E-state index contributed by atoms with van der Waals surface area (Å²) >= 11 is 0. The first-order valence-corrected chi connectivity index (χ1v) is 10.2. The first kappa shape index (κ1) is 18.6. The van der Waals surface area contributed by atoms with Gasteiger partial charge in [0.05, 0.1) is 24.3 Å². The second kappa shape index (κ2) is 7.46. The Balaban J connectivity index is 1.35. The molecule has 9 heteroatoms. The third-order valence-electron chi connectivity index (χ3n) is 5.81. The van der Waals surface area contributed by atoms with Gasteiger partial charge in [-0.2, -0.15) is 15.5 Å². The number of likely N-dealkylation sites (tertiary alicyclic amines) is 1. The lowest BCUT2D eigenvalue weighted by Gasteiger charge is -2.38. The van der Waals surface area contributed by atoms with Crippen molar-refractivity contribution in [1.82, 2.24) is 24.3 Å². The van der Waals surface area contributed by atoms with E-state index in [1.165, 1.54) is 0 Å². The van der Waals surface area contributed by atoms with Crippen LogP contribution in [0.25, 0.3) is 16.8 Å². The number of aryl methyl sites for hydroxylation is 1. The Bertz CT molecular complexity index is 1140. The molecule has 1 saturated carbocycles. The monoisotopic (exact) mass is 405 g/mol. The molecule has 0 spiro atoms. The van der Waals surface area contributed by atoms with Gasteiger partial charge in [0.15, 0.2) is 11.6 Å². The second-order valence-corrected chi connectivity index (χ2v) is 7.94. The number of carbonyl (C=O) groups is 1. The number of hydrogen-bond acceptors (Lipinski definition) is 6. The molecule has 4 heterocycles. The maximum absolute atomic E-state index is 12.0. The number of amides is 1. The number of anilines is 1. The molecule has 0 radical (unpaired) electrons. The Morgan fingerprint density at radius 3 is 2.97 bits per heavy atom. The molecule has 1 N–H and O–H groups in total. The average Bonchev–Trinajstić information content (AvgIpc) is 3.40. The van der Waals surface area contributed by atoms with Crippen LogP contribution >= 0.6 is 0 Å². The van der Waals surface area contributed by atoms with E-state index in [1.54, 1.807) is 15.4 Å². The SMILES string of the molecule is Cn1ncc(OC[C@H]2CCN2CC#N)c1-c1ccn2nc(NC(=O)C3CC3)cc2c1. The first-order chi connectivity index (χ1) is 14.6. The van der Waals surface area contributed by atoms with Gasteiger partial charge in [-0.3, -0.25) is 14.4 Å². The smallest absolute Gasteiger partial charge is 0.228 e. The fourth-order valence-corrected chi connectivity index (χ4v) is 3.80. The molecule has 3 aromatic rings. The molecule has 0 aromatic carbocycles. The van der Waals surface area contributed by atoms with Crippen molar-refractivity contribution in [2.24, 2.45) is 13.0 Å². The van der Waals surface area contributed by atoms with Gasteiger partial charge in [0.25, 0.3) is 0 Å². The standard InChI is InChI=1S/C21H23N7O2/c1-26-20(18(12-23-26)30-13-16-5-7-27(16)9-6-22)15-4-8-28-17(10-15)11-19(25-28)24-21(29)14-2-3-14/h4,8,10-12,14,16H,2-3,5,7,9,13H2,1H3,(H,24,25,29)/t16-/m1/s1. The lowest BCUT2D eigenvalue weighted by atomic mass is 10.0. The highest BCUT2D eigenvalue weighted by Gasteiger charge is 2.30. The lowest BCUT2D eigenvalue weighted by Crippen LogP contribution is -2.50. The Kier molecular flexibility index (Phi) is 4.64. The van der Waals surface area contributed by atoms with Crippen molar-refractivity contribution in [3.63, 3.8) is 0 Å². The van der Waals surface area contributed by atoms with E-state index in [0.29, 0.717) is 24.7 Å². The summed E-state index contributed by atoms with van der Waals surface area (Å²) in [4.78, 5) is 14.1. The van der Waals surface area contributed by atoms with Crippen molar-refractivity contribution in [1.29, 1.82) is 5.26 Å². The minimum absolute atomic E-state index is 0.0439. The fourth-order valence-electron chi connectivity index (χ4n) is 3.80. The van der Waals surface area contributed by atoms with Crippen LogP contribution in [0.2, 0.25) is 0 Å². The number of rotatable bonds is 7. The molecule has 30 heavy (non-hydrogen) atoms. The van der Waals surface area contributed by atoms with Crippen LogP contribution in [0.15, 0.2) is 30.6 Å². The maximum Gasteiger partial charge on any atom is 0.228 e. The molecule has 0 bridgehead atoms. The number of ether oxygens (including phenoxy) is 1. The topological polar surface area (TPSA) is 100 Å². The largest absolute Gasteiger partial charge is 0.488 e. The van der Waals surface area contributed by atoms with Crippen LogP contribution in [0.4, 0.5) is 5.82 Å². The molecule has 1 aliphatic carbocycles. The molecule has 3 aromatic heterocycles. The number of nitriles is 1. The summed E-state index contributed by atoms with van der Waals surface area (Å²) in [7, 11) is 1.88. The summed E-state index contributed by atoms with van der Waals surface area (Å²) < 4.78 is 9.62. The Morgan fingerprint density at radius 2 is 2.23 bits per heavy atom. The van der Waals surface area contributed by atoms with E-state index in [4.69, 9.17) is 10.00 Å². The predicted molar refractivity (Wildman–Crippen MR) is 110 cm³/mol. The van der Waals surface area contributed by atoms with Crippen LogP contribution in [0, 0.1) is 17.2 Å². The molecular formula is C21H23N7O2. The van der Waals surface area contributed by atoms with Crippen LogP contribution in [0.3, 0.4) is 0 Å². The normalized spacial score (nSPS) is 18.7. The van der Waals surface area contributed by atoms with Gasteiger partial charge in [-0.15, -0.1) is 0 Å². The number of aromatic nitrogens is 4. The summed E-state index contributed by atoms with van der Waals surface area (Å²) in [6.45, 7) is 1.91. The van der Waals surface area contributed by atoms with Crippen molar-refractivity contribution < 1.29 is 9.53 Å². The van der Waals surface area contributed by atoms with E-state index < -0.39 is 0 Å². The molecule has 1 amide bonds. The van der Waals surface area contributed by atoms with Crippen molar-refractivity contribution in [2.45, 2.75) is 25.3 Å². The van der Waals surface area contributed by atoms with Crippen molar-refractivity contribution in [3.05, 3.63) is 30.6 Å². The van der Waals surface area contributed by atoms with Crippen LogP contribution in [0.1, 0.15) is 19.3 Å². The third kappa shape index (κ3) is 3.50. The molecule has 9 nitrogen and oxygen atoms in total. The highest BCUT2D eigenvalue weighted by Crippen LogP contribution is 2.32. The average molecular weight is 405 g/mol. The Morgan fingerprint density at radius 1 is 1.37 bits per heavy atom. The summed E-state index contributed by atoms with van der Waals surface area (Å²) in [6.07, 6.45) is 6.55. The minimum Gasteiger partial charge on any atom is -0.488 e. The number of nitrogens with one attached hydrogen (secondary N) is 1. The summed E-state index contributed by atoms with van der Waals surface area (Å²) in [5.74, 6) is 1.46. The van der Waals surface area contributed by atoms with Crippen LogP contribution in [0.5, 0.6) is 5.75 Å². The molecule has 1 atom stereocenters. The number of hydrogen-bond donors (Lipinski definition) is 1. The fraction of sp³-hybridized carbons (Fsp3) is 0.429. The molecule has 154 valence electrons. The molecule has 1 aliphatic heterocycles. The molecule has 1 saturated heterocycles. The summed E-state index contributed by atoms with van der Waals surface area (Å²) in [6, 6.07) is 8.31. The van der Waals surface area contributed by atoms with Crippen molar-refractivity contribution >= 4 is 17.2 Å². The molecule has 5 rings (SSSR count). The Labute approximate surface area is 173 Å². The summed E-state index contributed by atoms with van der Waals surface area (Å²) in [5.41, 5.74) is 2.72. The molecule has 0 unspecified atom stereocenters. The molecule has 2 fully saturated rings. The van der Waals surface area contributed by atoms with Gasteiger partial charge >= 0.3 is 0 Å². The van der Waals surface area contributed by atoms with Gasteiger partial charge in [-0.1, -0.05) is 0 Å². The van der Waals surface area contributed by atoms with Gasteiger partial charge in [-0.05, 0) is 31.4 Å². The third-order valence-corrected chi connectivity index (χ3v) is 5.81. The van der Waals surface area contributed by atoms with Gasteiger partial charge < -0.3 is 10.1 Å². The Hall–Kier alpha value is -3.38. The summed E-state index contributed by atoms with van der Waals surface area (Å²) in [5, 5.41) is 20.6. The molecular weight excluding hydrogens is 382 g/mol. The quantitative estimate of drug-likeness (QED) is 0.604. The van der Waals surface area contributed by atoms with Crippen LogP contribution < -0.4 is 10.1 Å². The van der Waals surface area contributed by atoms with Gasteiger partial charge in [0.2, 0.25) is 5.91 Å². The van der Waals surface area contributed by atoms with E-state index in [0.717, 1.165) is 42.6 Å². The minimum atomic E-state index is 0.0439. The van der Waals surface area contributed by atoms with E-state index in [9.17, 15) is 4.79 Å². The van der Waals surface area contributed by atoms with Crippen LogP contribution in [-0.2, 0) is 11.8 Å². The highest BCUT2D eigenvalue weighted by atomic mass is 16.5. The zero-order chi connectivity index (χ0) is 20.7. The number of nitrogens with zero attached hydrogens (tertiary/aromatic N) is 6. The van der Waals surface area contributed by atoms with Gasteiger partial charge in [-0.25, -0.2) is 4.52 Å². The van der Waals surface area contributed by atoms with Gasteiger partial charge in [0, 0.05) is 43.4 Å². The van der Waals surface area contributed by atoms with Crippen molar-refractivity contribution in [3.8, 4) is 23.1 Å². The predicted octanol–water partition coefficient (Wildman–Crippen LogP) is 2.06. The molecule has 2 aliphatic rings. The maximum atomic E-state index is 12.0. The van der Waals surface area contributed by atoms with E-state index in [1.807, 2.05) is 31.4 Å². The van der Waals surface area contributed by atoms with Crippen LogP contribution in [-0.4, -0.2) is 55.9 Å². The number of fused-ring (bicyclic) bond motifs is 1. The van der Waals surface area contributed by atoms with Crippen molar-refractivity contribution in [2.75, 3.05) is 25.0 Å². The highest BCUT2D eigenvalue weighted by molar-refractivity contribution is 5.93. The second-order valence-electron chi connectivity index (χ2n) is 7.94. The van der Waals surface area contributed by atoms with E-state index >= 15 is 0 Å². The van der Waals surface area contributed by atoms with Gasteiger partial charge in [0.1, 0.15) is 12.3 Å². The van der Waals surface area contributed by atoms with E-state index in [-0.39, 0.29) is 17.9 Å². The first-order valence-electron chi connectivity index (χ1n) is 10.2. The number of pyridine rings is 1. The zero-order valence-electron chi connectivity index (χ0n) is 16.8. The van der Waals surface area contributed by atoms with E-state index in [2.05, 4.69) is 26.5 Å².